The molecule has 0 spiro atoms. The Labute approximate surface area is 102 Å². The van der Waals surface area contributed by atoms with Gasteiger partial charge >= 0.3 is 5.97 Å². The largest absolute Gasteiger partial charge is 0.463 e. The van der Waals surface area contributed by atoms with Gasteiger partial charge in [-0.3, -0.25) is 4.98 Å². The van der Waals surface area contributed by atoms with E-state index in [0.29, 0.717) is 18.7 Å². The number of nitrogens with one attached hydrogen (secondary N) is 1. The van der Waals surface area contributed by atoms with Crippen molar-refractivity contribution >= 4 is 5.97 Å². The van der Waals surface area contributed by atoms with Crippen LogP contribution in [0.1, 0.15) is 25.5 Å². The fourth-order valence-electron chi connectivity index (χ4n) is 1.33. The van der Waals surface area contributed by atoms with Gasteiger partial charge in [0.1, 0.15) is 0 Å². The molecule has 4 heteroatoms. The third-order valence-corrected chi connectivity index (χ3v) is 2.37. The average Bonchev–Trinajstić information content (AvgIpc) is 2.36. The highest BCUT2D eigenvalue weighted by molar-refractivity contribution is 5.88. The van der Waals surface area contributed by atoms with Crippen molar-refractivity contribution in [2.45, 2.75) is 19.9 Å². The van der Waals surface area contributed by atoms with Crippen LogP contribution in [0.15, 0.2) is 36.7 Å². The molecule has 4 nitrogen and oxygen atoms in total. The summed E-state index contributed by atoms with van der Waals surface area (Å²) in [5.41, 5.74) is 1.51. The molecule has 0 bridgehead atoms. The molecular weight excluding hydrogens is 216 g/mol. The lowest BCUT2D eigenvalue weighted by atomic mass is 10.1. The van der Waals surface area contributed by atoms with Gasteiger partial charge in [-0.2, -0.15) is 0 Å². The topological polar surface area (TPSA) is 51.2 Å². The molecule has 0 amide bonds. The number of esters is 1. The minimum absolute atomic E-state index is 0.120. The Morgan fingerprint density at radius 3 is 3.00 bits per heavy atom. The Kier molecular flexibility index (Phi) is 5.36. The maximum absolute atomic E-state index is 11.3. The molecule has 1 N–H and O–H groups in total. The predicted octanol–water partition coefficient (Wildman–Crippen LogP) is 1.85. The minimum Gasteiger partial charge on any atom is -0.463 e. The normalized spacial score (nSPS) is 11.9. The van der Waals surface area contributed by atoms with Crippen LogP contribution in [0.5, 0.6) is 0 Å². The Balaban J connectivity index is 2.41. The van der Waals surface area contributed by atoms with Gasteiger partial charge in [0, 0.05) is 30.6 Å². The summed E-state index contributed by atoms with van der Waals surface area (Å²) >= 11 is 0. The van der Waals surface area contributed by atoms with Crippen LogP contribution in [0.4, 0.5) is 0 Å². The zero-order chi connectivity index (χ0) is 12.7. The monoisotopic (exact) mass is 234 g/mol. The van der Waals surface area contributed by atoms with Crippen LogP contribution in [-0.2, 0) is 9.53 Å². The van der Waals surface area contributed by atoms with E-state index < -0.39 is 0 Å². The third kappa shape index (κ3) is 4.36. The van der Waals surface area contributed by atoms with Crippen molar-refractivity contribution in [3.63, 3.8) is 0 Å². The van der Waals surface area contributed by atoms with Crippen LogP contribution in [0.3, 0.4) is 0 Å². The van der Waals surface area contributed by atoms with Crippen LogP contribution in [0.25, 0.3) is 0 Å². The highest BCUT2D eigenvalue weighted by Crippen LogP contribution is 2.09. The number of ether oxygens (including phenoxy) is 1. The first-order valence-corrected chi connectivity index (χ1v) is 5.63. The van der Waals surface area contributed by atoms with Gasteiger partial charge < -0.3 is 10.1 Å². The minimum atomic E-state index is -0.349. The molecular formula is C13H18N2O2. The molecule has 0 saturated heterocycles. The summed E-state index contributed by atoms with van der Waals surface area (Å²) < 4.78 is 4.85. The number of hydrogen-bond acceptors (Lipinski definition) is 4. The number of aromatic nitrogens is 1. The van der Waals surface area contributed by atoms with Gasteiger partial charge in [-0.1, -0.05) is 12.6 Å². The number of nitrogens with zero attached hydrogens (tertiary/aromatic N) is 1. The second-order valence-electron chi connectivity index (χ2n) is 3.71. The highest BCUT2D eigenvalue weighted by Gasteiger charge is 2.10. The van der Waals surface area contributed by atoms with Crippen molar-refractivity contribution in [3.8, 4) is 0 Å². The highest BCUT2D eigenvalue weighted by atomic mass is 16.5. The molecule has 1 rings (SSSR count). The first kappa shape index (κ1) is 13.4. The van der Waals surface area contributed by atoms with Crippen molar-refractivity contribution in [3.05, 3.63) is 42.2 Å². The number of carbonyl (C=O) groups is 1. The first-order chi connectivity index (χ1) is 8.15. The van der Waals surface area contributed by atoms with Gasteiger partial charge in [-0.25, -0.2) is 4.79 Å². The second-order valence-corrected chi connectivity index (χ2v) is 3.71. The molecule has 0 aliphatic carbocycles. The summed E-state index contributed by atoms with van der Waals surface area (Å²) in [5.74, 6) is -0.349. The van der Waals surface area contributed by atoms with Crippen molar-refractivity contribution in [1.29, 1.82) is 0 Å². The summed E-state index contributed by atoms with van der Waals surface area (Å²) in [4.78, 5) is 15.4. The summed E-state index contributed by atoms with van der Waals surface area (Å²) in [6.45, 7) is 8.25. The Bertz CT molecular complexity index is 376. The average molecular weight is 234 g/mol. The van der Waals surface area contributed by atoms with Gasteiger partial charge in [0.2, 0.25) is 0 Å². The first-order valence-electron chi connectivity index (χ1n) is 5.63. The van der Waals surface area contributed by atoms with E-state index in [-0.39, 0.29) is 12.0 Å². The smallest absolute Gasteiger partial charge is 0.334 e. The zero-order valence-corrected chi connectivity index (χ0v) is 10.3. The molecule has 0 aliphatic heterocycles. The molecule has 17 heavy (non-hydrogen) atoms. The third-order valence-electron chi connectivity index (χ3n) is 2.37. The Morgan fingerprint density at radius 1 is 1.65 bits per heavy atom. The fourth-order valence-corrected chi connectivity index (χ4v) is 1.33. The van der Waals surface area contributed by atoms with E-state index in [1.165, 1.54) is 0 Å². The molecule has 0 saturated carbocycles. The van der Waals surface area contributed by atoms with Gasteiger partial charge in [0.05, 0.1) is 6.61 Å². The number of rotatable bonds is 6. The standard InChI is InChI=1S/C13H18N2O2/c1-4-17-13(16)10(2)8-15-11(3)12-6-5-7-14-9-12/h5-7,9,11,15H,2,4,8H2,1,3H3/t11-/m0/s1. The molecule has 1 aromatic heterocycles. The van der Waals surface area contributed by atoms with E-state index >= 15 is 0 Å². The molecule has 1 heterocycles. The number of pyridine rings is 1. The number of carbonyl (C=O) groups excluding carboxylic acids is 1. The van der Waals surface area contributed by atoms with Crippen LogP contribution in [-0.4, -0.2) is 24.1 Å². The lowest BCUT2D eigenvalue weighted by Crippen LogP contribution is -2.24. The fraction of sp³-hybridized carbons (Fsp3) is 0.385. The van der Waals surface area contributed by atoms with Crippen molar-refractivity contribution in [2.75, 3.05) is 13.2 Å². The molecule has 1 atom stereocenters. The molecule has 0 fully saturated rings. The summed E-state index contributed by atoms with van der Waals surface area (Å²) in [6.07, 6.45) is 3.53. The van der Waals surface area contributed by atoms with Crippen molar-refractivity contribution in [2.24, 2.45) is 0 Å². The molecule has 0 aliphatic rings. The molecule has 0 aromatic carbocycles. The van der Waals surface area contributed by atoms with Crippen LogP contribution in [0, 0.1) is 0 Å². The Morgan fingerprint density at radius 2 is 2.41 bits per heavy atom. The summed E-state index contributed by atoms with van der Waals surface area (Å²) in [7, 11) is 0. The predicted molar refractivity (Wildman–Crippen MR) is 66.4 cm³/mol. The molecule has 0 radical (unpaired) electrons. The van der Waals surface area contributed by atoms with Gasteiger partial charge in [-0.15, -0.1) is 0 Å². The maximum atomic E-state index is 11.3. The van der Waals surface area contributed by atoms with Crippen LogP contribution in [0.2, 0.25) is 0 Å². The van der Waals surface area contributed by atoms with Gasteiger partial charge in [0.15, 0.2) is 0 Å². The molecule has 1 aromatic rings. The quantitative estimate of drug-likeness (QED) is 0.603. The van der Waals surface area contributed by atoms with E-state index in [4.69, 9.17) is 4.74 Å². The van der Waals surface area contributed by atoms with Crippen LogP contribution < -0.4 is 5.32 Å². The second kappa shape index (κ2) is 6.81. The summed E-state index contributed by atoms with van der Waals surface area (Å²) in [6, 6.07) is 3.99. The molecule has 0 unspecified atom stereocenters. The summed E-state index contributed by atoms with van der Waals surface area (Å²) in [5, 5.41) is 3.20. The lowest BCUT2D eigenvalue weighted by Gasteiger charge is -2.14. The van der Waals surface area contributed by atoms with E-state index in [9.17, 15) is 4.79 Å². The lowest BCUT2D eigenvalue weighted by molar-refractivity contribution is -0.138. The molecule has 92 valence electrons. The maximum Gasteiger partial charge on any atom is 0.334 e. The number of hydrogen-bond donors (Lipinski definition) is 1. The van der Waals surface area contributed by atoms with Crippen molar-refractivity contribution in [1.82, 2.24) is 10.3 Å². The van der Waals surface area contributed by atoms with E-state index in [1.54, 1.807) is 19.3 Å². The van der Waals surface area contributed by atoms with Gasteiger partial charge in [0.25, 0.3) is 0 Å². The van der Waals surface area contributed by atoms with E-state index in [1.807, 2.05) is 19.1 Å². The van der Waals surface area contributed by atoms with E-state index in [0.717, 1.165) is 5.56 Å². The van der Waals surface area contributed by atoms with E-state index in [2.05, 4.69) is 16.9 Å². The SMILES string of the molecule is C=C(CN[C@@H](C)c1cccnc1)C(=O)OCC. The van der Waals surface area contributed by atoms with Crippen LogP contribution >= 0.6 is 0 Å². The zero-order valence-electron chi connectivity index (χ0n) is 10.3. The van der Waals surface area contributed by atoms with Crippen molar-refractivity contribution < 1.29 is 9.53 Å². The van der Waals surface area contributed by atoms with Gasteiger partial charge in [-0.05, 0) is 25.5 Å². The Hall–Kier alpha value is -1.68.